The number of hydrogen-bond acceptors (Lipinski definition) is 2. The van der Waals surface area contributed by atoms with Gasteiger partial charge in [0.1, 0.15) is 0 Å². The highest BCUT2D eigenvalue weighted by molar-refractivity contribution is 9.10. The summed E-state index contributed by atoms with van der Waals surface area (Å²) in [6.45, 7) is 2.66. The molecular weight excluding hydrogens is 260 g/mol. The highest BCUT2D eigenvalue weighted by Gasteiger charge is 2.10. The van der Waals surface area contributed by atoms with Gasteiger partial charge in [-0.25, -0.2) is 8.78 Å². The first-order valence-corrected chi connectivity index (χ1v) is 4.58. The van der Waals surface area contributed by atoms with Crippen molar-refractivity contribution in [2.75, 3.05) is 6.61 Å². The van der Waals surface area contributed by atoms with Crippen molar-refractivity contribution in [2.45, 2.75) is 13.3 Å². The molecule has 0 unspecified atom stereocenters. The number of alkyl halides is 2. The van der Waals surface area contributed by atoms with Crippen LogP contribution in [0.3, 0.4) is 0 Å². The number of aromatic nitrogens is 1. The van der Waals surface area contributed by atoms with Gasteiger partial charge in [-0.05, 0) is 28.9 Å². The Morgan fingerprint density at radius 1 is 1.71 bits per heavy atom. The normalized spacial score (nSPS) is 9.21. The van der Waals surface area contributed by atoms with Crippen LogP contribution < -0.4 is 0 Å². The zero-order valence-corrected chi connectivity index (χ0v) is 9.05. The Bertz CT molecular complexity index is 266. The van der Waals surface area contributed by atoms with E-state index in [-0.39, 0.29) is 5.69 Å². The number of hydrogen-bond donors (Lipinski definition) is 1. The lowest BCUT2D eigenvalue weighted by molar-refractivity contribution is -0.128. The average molecular weight is 270 g/mol. The number of H-pyrrole nitrogens is 1. The molecule has 0 amide bonds. The molecule has 0 aliphatic carbocycles. The van der Waals surface area contributed by atoms with Crippen molar-refractivity contribution in [2.24, 2.45) is 0 Å². The van der Waals surface area contributed by atoms with E-state index in [1.807, 2.05) is 0 Å². The Kier molecular flexibility index (Phi) is 7.00. The van der Waals surface area contributed by atoms with Crippen molar-refractivity contribution in [1.29, 1.82) is 0 Å². The van der Waals surface area contributed by atoms with E-state index in [1.54, 1.807) is 13.0 Å². The van der Waals surface area contributed by atoms with Crippen molar-refractivity contribution in [3.05, 3.63) is 22.4 Å². The van der Waals surface area contributed by atoms with E-state index in [1.165, 1.54) is 6.20 Å². The smallest absolute Gasteiger partial charge is 0.293 e. The first-order valence-electron chi connectivity index (χ1n) is 3.79. The third kappa shape index (κ3) is 4.96. The minimum atomic E-state index is -2.42. The molecule has 0 fully saturated rings. The van der Waals surface area contributed by atoms with Crippen LogP contribution in [0, 0.1) is 0 Å². The Balaban J connectivity index is 0.000000292. The van der Waals surface area contributed by atoms with Gasteiger partial charge in [-0.2, -0.15) is 0 Å². The largest absolute Gasteiger partial charge is 0.468 e. The summed E-state index contributed by atoms with van der Waals surface area (Å²) in [7, 11) is 0. The number of halogens is 3. The third-order valence-electron chi connectivity index (χ3n) is 1.18. The van der Waals surface area contributed by atoms with Crippen LogP contribution in [0.1, 0.15) is 19.0 Å². The van der Waals surface area contributed by atoms with Crippen molar-refractivity contribution < 1.29 is 18.3 Å². The van der Waals surface area contributed by atoms with E-state index in [0.717, 1.165) is 0 Å². The molecule has 0 atom stereocenters. The van der Waals surface area contributed by atoms with Crippen LogP contribution in [0.4, 0.5) is 8.78 Å². The predicted octanol–water partition coefficient (Wildman–Crippen LogP) is 2.89. The molecular formula is C8H10BrF2NO2. The second-order valence-electron chi connectivity index (χ2n) is 2.09. The molecule has 0 saturated carbocycles. The van der Waals surface area contributed by atoms with E-state index in [0.29, 0.717) is 17.6 Å². The van der Waals surface area contributed by atoms with Crippen molar-refractivity contribution >= 4 is 22.4 Å². The van der Waals surface area contributed by atoms with Crippen LogP contribution >= 0.6 is 15.9 Å². The van der Waals surface area contributed by atoms with Crippen LogP contribution in [0.25, 0.3) is 0 Å². The second-order valence-corrected chi connectivity index (χ2v) is 2.95. The fourth-order valence-corrected chi connectivity index (χ4v) is 1.02. The molecule has 1 rings (SSSR count). The summed E-state index contributed by atoms with van der Waals surface area (Å²) in [5.74, 6) is 0. The molecule has 1 aromatic rings. The zero-order chi connectivity index (χ0) is 11.0. The molecule has 80 valence electrons. The lowest BCUT2D eigenvalue weighted by Gasteiger charge is -1.92. The summed E-state index contributed by atoms with van der Waals surface area (Å²) in [4.78, 5) is 11.6. The maximum absolute atomic E-state index is 11.8. The van der Waals surface area contributed by atoms with Crippen LogP contribution in [-0.2, 0) is 9.53 Å². The number of nitrogens with one attached hydrogen (secondary N) is 1. The number of rotatable bonds is 3. The molecule has 0 spiro atoms. The molecule has 0 radical (unpaired) electrons. The van der Waals surface area contributed by atoms with Gasteiger partial charge in [0.2, 0.25) is 0 Å². The maximum Gasteiger partial charge on any atom is 0.293 e. The molecule has 1 heterocycles. The van der Waals surface area contributed by atoms with Gasteiger partial charge in [-0.1, -0.05) is 0 Å². The summed E-state index contributed by atoms with van der Waals surface area (Å²) in [5.41, 5.74) is -0.0602. The van der Waals surface area contributed by atoms with Gasteiger partial charge >= 0.3 is 0 Å². The van der Waals surface area contributed by atoms with Gasteiger partial charge in [-0.3, -0.25) is 4.79 Å². The van der Waals surface area contributed by atoms with Gasteiger partial charge in [-0.15, -0.1) is 0 Å². The molecule has 0 aliphatic heterocycles. The average Bonchev–Trinajstić information content (AvgIpc) is 2.54. The van der Waals surface area contributed by atoms with Crippen LogP contribution in [0.5, 0.6) is 0 Å². The van der Waals surface area contributed by atoms with Gasteiger partial charge in [0, 0.05) is 10.7 Å². The molecule has 0 aromatic carbocycles. The first kappa shape index (κ1) is 13.1. The molecule has 0 aliphatic rings. The van der Waals surface area contributed by atoms with Gasteiger partial charge < -0.3 is 9.72 Å². The summed E-state index contributed by atoms with van der Waals surface area (Å²) >= 11 is 2.96. The SMILES string of the molecule is CCOC=O.FC(F)c1[nH]ccc1Br. The lowest BCUT2D eigenvalue weighted by atomic mass is 10.5. The Morgan fingerprint density at radius 3 is 2.50 bits per heavy atom. The van der Waals surface area contributed by atoms with Gasteiger partial charge in [0.05, 0.1) is 12.3 Å². The molecule has 14 heavy (non-hydrogen) atoms. The summed E-state index contributed by atoms with van der Waals surface area (Å²) in [5, 5.41) is 0. The third-order valence-corrected chi connectivity index (χ3v) is 1.87. The Labute approximate surface area is 88.6 Å². The van der Waals surface area contributed by atoms with Crippen molar-refractivity contribution in [3.63, 3.8) is 0 Å². The highest BCUT2D eigenvalue weighted by atomic mass is 79.9. The maximum atomic E-state index is 11.8. The minimum absolute atomic E-state index is 0.0602. The molecule has 0 saturated heterocycles. The van der Waals surface area contributed by atoms with Gasteiger partial charge in [0.15, 0.2) is 0 Å². The number of ether oxygens (including phenoxy) is 1. The zero-order valence-electron chi connectivity index (χ0n) is 7.47. The van der Waals surface area contributed by atoms with Crippen molar-refractivity contribution in [3.8, 4) is 0 Å². The quantitative estimate of drug-likeness (QED) is 0.858. The van der Waals surface area contributed by atoms with E-state index < -0.39 is 6.43 Å². The minimum Gasteiger partial charge on any atom is -0.468 e. The van der Waals surface area contributed by atoms with E-state index >= 15 is 0 Å². The van der Waals surface area contributed by atoms with Crippen LogP contribution in [0.15, 0.2) is 16.7 Å². The summed E-state index contributed by atoms with van der Waals surface area (Å²) in [6.07, 6.45) is -0.958. The van der Waals surface area contributed by atoms with E-state index in [4.69, 9.17) is 0 Å². The summed E-state index contributed by atoms with van der Waals surface area (Å²) < 4.78 is 28.2. The molecule has 3 nitrogen and oxygen atoms in total. The summed E-state index contributed by atoms with van der Waals surface area (Å²) in [6, 6.07) is 1.54. The standard InChI is InChI=1S/C5H4BrF2N.C3H6O2/c6-3-1-2-9-4(3)5(7)8;1-2-5-3-4/h1-2,5,9H;3H,2H2,1H3. The predicted molar refractivity (Wildman–Crippen MR) is 51.1 cm³/mol. The Hall–Kier alpha value is -0.910. The Morgan fingerprint density at radius 2 is 2.36 bits per heavy atom. The number of aromatic amines is 1. The molecule has 1 aromatic heterocycles. The lowest BCUT2D eigenvalue weighted by Crippen LogP contribution is -1.82. The highest BCUT2D eigenvalue weighted by Crippen LogP contribution is 2.24. The monoisotopic (exact) mass is 269 g/mol. The topological polar surface area (TPSA) is 42.1 Å². The van der Waals surface area contributed by atoms with Crippen LogP contribution in [0.2, 0.25) is 0 Å². The fourth-order valence-electron chi connectivity index (χ4n) is 0.599. The fraction of sp³-hybridized carbons (Fsp3) is 0.375. The number of carbonyl (C=O) groups excluding carboxylic acids is 1. The van der Waals surface area contributed by atoms with Crippen LogP contribution in [-0.4, -0.2) is 18.1 Å². The first-order chi connectivity index (χ1) is 6.63. The molecule has 0 bridgehead atoms. The van der Waals surface area contributed by atoms with E-state index in [9.17, 15) is 13.6 Å². The van der Waals surface area contributed by atoms with Crippen molar-refractivity contribution in [1.82, 2.24) is 4.98 Å². The molecule has 6 heteroatoms. The van der Waals surface area contributed by atoms with E-state index in [2.05, 4.69) is 25.7 Å². The molecule has 1 N–H and O–H groups in total. The second kappa shape index (κ2) is 7.49. The number of carbonyl (C=O) groups is 1. The van der Waals surface area contributed by atoms with Gasteiger partial charge in [0.25, 0.3) is 12.9 Å².